The van der Waals surface area contributed by atoms with E-state index in [9.17, 15) is 20.1 Å². The van der Waals surface area contributed by atoms with Crippen molar-refractivity contribution in [2.75, 3.05) is 0 Å². The summed E-state index contributed by atoms with van der Waals surface area (Å²) in [6.45, 7) is 3.99. The summed E-state index contributed by atoms with van der Waals surface area (Å²) < 4.78 is 6.04. The predicted octanol–water partition coefficient (Wildman–Crippen LogP) is 4.41. The molecule has 2 aromatic rings. The Morgan fingerprint density at radius 1 is 1.15 bits per heavy atom. The van der Waals surface area contributed by atoms with E-state index in [0.717, 1.165) is 11.1 Å². The van der Waals surface area contributed by atoms with Gasteiger partial charge < -0.3 is 20.1 Å². The van der Waals surface area contributed by atoms with E-state index in [4.69, 9.17) is 4.74 Å². The first-order valence-electron chi connectivity index (χ1n) is 8.56. The molecule has 3 N–H and O–H groups in total. The van der Waals surface area contributed by atoms with Crippen molar-refractivity contribution in [3.8, 4) is 23.0 Å². The Kier molecular flexibility index (Phi) is 4.89. The van der Waals surface area contributed by atoms with Gasteiger partial charge in [0.25, 0.3) is 0 Å². The number of fused-ring (bicyclic) bond motifs is 1. The second-order valence-electron chi connectivity index (χ2n) is 6.74. The number of hydrogen-bond donors (Lipinski definition) is 3. The molecule has 0 aliphatic carbocycles. The number of carbonyl (C=O) groups excluding carboxylic acids is 1. The Morgan fingerprint density at radius 2 is 1.85 bits per heavy atom. The zero-order valence-electron chi connectivity index (χ0n) is 14.8. The van der Waals surface area contributed by atoms with Gasteiger partial charge in [-0.25, -0.2) is 0 Å². The summed E-state index contributed by atoms with van der Waals surface area (Å²) in [7, 11) is 0. The number of ether oxygens (including phenoxy) is 1. The Labute approximate surface area is 152 Å². The molecule has 0 saturated carbocycles. The van der Waals surface area contributed by atoms with Crippen LogP contribution >= 0.6 is 0 Å². The number of Topliss-reactive ketones (excluding diaryl/α,β-unsaturated/α-hetero) is 1. The van der Waals surface area contributed by atoms with E-state index in [-0.39, 0.29) is 40.8 Å². The van der Waals surface area contributed by atoms with Gasteiger partial charge >= 0.3 is 0 Å². The molecule has 0 bridgehead atoms. The Bertz CT molecular complexity index is 861. The van der Waals surface area contributed by atoms with E-state index in [0.29, 0.717) is 18.4 Å². The van der Waals surface area contributed by atoms with Crippen LogP contribution in [0.1, 0.15) is 54.3 Å². The van der Waals surface area contributed by atoms with Gasteiger partial charge in [-0.05, 0) is 44.4 Å². The SMILES string of the molecule is CC(C)=CCCc1c(O)cc(O)c2c1O[C@H](c1ccc(O)cc1)CC2=O. The lowest BCUT2D eigenvalue weighted by Gasteiger charge is -2.28. The molecule has 1 heterocycles. The maximum atomic E-state index is 12.6. The molecule has 5 heteroatoms. The third-order valence-corrected chi connectivity index (χ3v) is 4.46. The third kappa shape index (κ3) is 3.52. The highest BCUT2D eigenvalue weighted by atomic mass is 16.5. The van der Waals surface area contributed by atoms with E-state index < -0.39 is 6.10 Å². The van der Waals surface area contributed by atoms with Crippen LogP contribution in [0.4, 0.5) is 0 Å². The smallest absolute Gasteiger partial charge is 0.174 e. The van der Waals surface area contributed by atoms with Gasteiger partial charge in [0.15, 0.2) is 5.78 Å². The first kappa shape index (κ1) is 17.9. The van der Waals surface area contributed by atoms with E-state index in [2.05, 4.69) is 0 Å². The summed E-state index contributed by atoms with van der Waals surface area (Å²) in [6, 6.07) is 7.68. The molecule has 0 amide bonds. The van der Waals surface area contributed by atoms with Crippen molar-refractivity contribution >= 4 is 5.78 Å². The average Bonchev–Trinajstić information content (AvgIpc) is 2.57. The number of rotatable bonds is 4. The summed E-state index contributed by atoms with van der Waals surface area (Å²) in [5.41, 5.74) is 2.56. The van der Waals surface area contributed by atoms with Gasteiger partial charge in [-0.15, -0.1) is 0 Å². The lowest BCUT2D eigenvalue weighted by molar-refractivity contribution is 0.0842. The van der Waals surface area contributed by atoms with Crippen LogP contribution < -0.4 is 4.74 Å². The molecule has 26 heavy (non-hydrogen) atoms. The van der Waals surface area contributed by atoms with Gasteiger partial charge in [0.2, 0.25) is 0 Å². The lowest BCUT2D eigenvalue weighted by Crippen LogP contribution is -2.21. The summed E-state index contributed by atoms with van der Waals surface area (Å²) in [6.07, 6.45) is 2.78. The number of allylic oxidation sites excluding steroid dienone is 2. The third-order valence-electron chi connectivity index (χ3n) is 4.46. The topological polar surface area (TPSA) is 87.0 Å². The van der Waals surface area contributed by atoms with Crippen molar-refractivity contribution in [3.05, 3.63) is 58.7 Å². The molecular weight excluding hydrogens is 332 g/mol. The highest BCUT2D eigenvalue weighted by molar-refractivity contribution is 6.03. The number of phenols is 3. The van der Waals surface area contributed by atoms with Gasteiger partial charge in [0.05, 0.1) is 6.42 Å². The Hall–Kier alpha value is -2.95. The molecule has 3 rings (SSSR count). The van der Waals surface area contributed by atoms with Crippen LogP contribution in [0.5, 0.6) is 23.0 Å². The zero-order valence-corrected chi connectivity index (χ0v) is 14.8. The lowest BCUT2D eigenvalue weighted by atomic mass is 9.92. The number of aromatic hydroxyl groups is 3. The second kappa shape index (κ2) is 7.12. The van der Waals surface area contributed by atoms with Crippen molar-refractivity contribution in [1.82, 2.24) is 0 Å². The van der Waals surface area contributed by atoms with Gasteiger partial charge in [0, 0.05) is 11.6 Å². The molecule has 1 atom stereocenters. The number of benzene rings is 2. The molecule has 0 fully saturated rings. The zero-order chi connectivity index (χ0) is 18.8. The number of carbonyl (C=O) groups is 1. The fourth-order valence-corrected chi connectivity index (χ4v) is 3.15. The molecular formula is C21H22O5. The molecule has 0 radical (unpaired) electrons. The van der Waals surface area contributed by atoms with E-state index >= 15 is 0 Å². The van der Waals surface area contributed by atoms with Gasteiger partial charge in [-0.3, -0.25) is 4.79 Å². The predicted molar refractivity (Wildman–Crippen MR) is 97.9 cm³/mol. The monoisotopic (exact) mass is 354 g/mol. The molecule has 5 nitrogen and oxygen atoms in total. The largest absolute Gasteiger partial charge is 0.508 e. The van der Waals surface area contributed by atoms with E-state index in [1.807, 2.05) is 19.9 Å². The van der Waals surface area contributed by atoms with Crippen LogP contribution in [-0.2, 0) is 6.42 Å². The average molecular weight is 354 g/mol. The Morgan fingerprint density at radius 3 is 2.50 bits per heavy atom. The number of phenolic OH excluding ortho intramolecular Hbond substituents is 3. The van der Waals surface area contributed by atoms with Crippen molar-refractivity contribution in [2.45, 2.75) is 39.2 Å². The Balaban J connectivity index is 2.00. The maximum absolute atomic E-state index is 12.6. The van der Waals surface area contributed by atoms with E-state index in [1.165, 1.54) is 18.2 Å². The minimum absolute atomic E-state index is 0.0810. The normalized spacial score (nSPS) is 15.9. The van der Waals surface area contributed by atoms with Gasteiger partial charge in [0.1, 0.15) is 34.7 Å². The number of hydrogen-bond acceptors (Lipinski definition) is 5. The first-order chi connectivity index (χ1) is 12.4. The fraction of sp³-hybridized carbons (Fsp3) is 0.286. The number of ketones is 1. The van der Waals surface area contributed by atoms with Crippen molar-refractivity contribution in [1.29, 1.82) is 0 Å². The first-order valence-corrected chi connectivity index (χ1v) is 8.56. The highest BCUT2D eigenvalue weighted by Crippen LogP contribution is 2.45. The maximum Gasteiger partial charge on any atom is 0.174 e. The minimum atomic E-state index is -0.529. The summed E-state index contributed by atoms with van der Waals surface area (Å²) >= 11 is 0. The molecule has 2 aromatic carbocycles. The fourth-order valence-electron chi connectivity index (χ4n) is 3.15. The summed E-state index contributed by atoms with van der Waals surface area (Å²) in [4.78, 5) is 12.6. The molecule has 1 aliphatic rings. The quantitative estimate of drug-likeness (QED) is 0.708. The highest BCUT2D eigenvalue weighted by Gasteiger charge is 2.33. The minimum Gasteiger partial charge on any atom is -0.508 e. The second-order valence-corrected chi connectivity index (χ2v) is 6.74. The molecule has 0 unspecified atom stereocenters. The molecule has 136 valence electrons. The van der Waals surface area contributed by atoms with Crippen LogP contribution in [0.25, 0.3) is 0 Å². The van der Waals surface area contributed by atoms with Crippen LogP contribution in [0.15, 0.2) is 42.0 Å². The van der Waals surface area contributed by atoms with Crippen molar-refractivity contribution in [3.63, 3.8) is 0 Å². The molecule has 0 spiro atoms. The molecule has 1 aliphatic heterocycles. The molecule has 0 aromatic heterocycles. The standard InChI is InChI=1S/C21H22O5/c1-12(2)4-3-5-15-16(23)10-17(24)20-18(25)11-19(26-21(15)20)13-6-8-14(22)9-7-13/h4,6-10,19,22-24H,3,5,11H2,1-2H3/t19-/m0/s1. The van der Waals surface area contributed by atoms with Gasteiger partial charge in [-0.2, -0.15) is 0 Å². The van der Waals surface area contributed by atoms with Crippen LogP contribution in [-0.4, -0.2) is 21.1 Å². The van der Waals surface area contributed by atoms with Crippen LogP contribution in [0.3, 0.4) is 0 Å². The van der Waals surface area contributed by atoms with Gasteiger partial charge in [-0.1, -0.05) is 23.8 Å². The van der Waals surface area contributed by atoms with E-state index in [1.54, 1.807) is 12.1 Å². The van der Waals surface area contributed by atoms with Crippen LogP contribution in [0, 0.1) is 0 Å². The summed E-state index contributed by atoms with van der Waals surface area (Å²) in [5, 5.41) is 29.9. The van der Waals surface area contributed by atoms with Crippen LogP contribution in [0.2, 0.25) is 0 Å². The molecule has 0 saturated heterocycles. The summed E-state index contributed by atoms with van der Waals surface area (Å²) in [5.74, 6) is -0.196. The van der Waals surface area contributed by atoms with Crippen molar-refractivity contribution < 1.29 is 24.9 Å². The van der Waals surface area contributed by atoms with Crippen molar-refractivity contribution in [2.24, 2.45) is 0 Å².